The lowest BCUT2D eigenvalue weighted by molar-refractivity contribution is 0.0888. The molecular formula is C22H20ClN5O3. The number of nitriles is 1. The average Bonchev–Trinajstić information content (AvgIpc) is 3.17. The predicted molar refractivity (Wildman–Crippen MR) is 113 cm³/mol. The molecule has 0 aliphatic heterocycles. The zero-order chi connectivity index (χ0) is 21.8. The number of hydrogen-bond donors (Lipinski definition) is 1. The minimum Gasteiger partial charge on any atom is -0.472 e. The molecule has 0 radical (unpaired) electrons. The van der Waals surface area contributed by atoms with E-state index < -0.39 is 0 Å². The smallest absolute Gasteiger partial charge is 0.257 e. The number of hydrogen-bond acceptors (Lipinski definition) is 7. The van der Waals surface area contributed by atoms with Gasteiger partial charge in [-0.2, -0.15) is 5.26 Å². The molecule has 1 aliphatic carbocycles. The Morgan fingerprint density at radius 2 is 1.97 bits per heavy atom. The van der Waals surface area contributed by atoms with E-state index in [-0.39, 0.29) is 29.6 Å². The number of benzene rings is 1. The molecular weight excluding hydrogens is 418 g/mol. The van der Waals surface area contributed by atoms with Gasteiger partial charge in [0, 0.05) is 24.0 Å². The number of carbonyl (C=O) groups is 1. The van der Waals surface area contributed by atoms with Crippen LogP contribution in [-0.2, 0) is 0 Å². The second-order valence-corrected chi connectivity index (χ2v) is 7.74. The highest BCUT2D eigenvalue weighted by atomic mass is 35.5. The summed E-state index contributed by atoms with van der Waals surface area (Å²) in [6.45, 7) is 1.71. The normalized spacial score (nSPS) is 18.2. The van der Waals surface area contributed by atoms with Crippen LogP contribution in [0.3, 0.4) is 0 Å². The summed E-state index contributed by atoms with van der Waals surface area (Å²) < 4.78 is 11.2. The van der Waals surface area contributed by atoms with Crippen molar-refractivity contribution in [2.24, 2.45) is 0 Å². The highest BCUT2D eigenvalue weighted by Gasteiger charge is 2.28. The highest BCUT2D eigenvalue weighted by molar-refractivity contribution is 6.33. The van der Waals surface area contributed by atoms with E-state index in [0.717, 1.165) is 25.7 Å². The zero-order valence-electron chi connectivity index (χ0n) is 16.8. The van der Waals surface area contributed by atoms with Gasteiger partial charge in [0.1, 0.15) is 29.2 Å². The summed E-state index contributed by atoms with van der Waals surface area (Å²) in [6, 6.07) is 9.19. The number of nitrogens with one attached hydrogen (secondary N) is 1. The highest BCUT2D eigenvalue weighted by Crippen LogP contribution is 2.31. The molecule has 1 aromatic carbocycles. The van der Waals surface area contributed by atoms with Crippen molar-refractivity contribution >= 4 is 17.5 Å². The van der Waals surface area contributed by atoms with E-state index in [1.165, 1.54) is 12.4 Å². The summed E-state index contributed by atoms with van der Waals surface area (Å²) in [6.07, 6.45) is 5.82. The number of nitrogens with zero attached hydrogens (tertiary/aromatic N) is 4. The number of halogens is 1. The van der Waals surface area contributed by atoms with Gasteiger partial charge in [0.15, 0.2) is 0 Å². The monoisotopic (exact) mass is 437 g/mol. The van der Waals surface area contributed by atoms with Crippen LogP contribution in [0.1, 0.15) is 47.5 Å². The summed E-state index contributed by atoms with van der Waals surface area (Å²) in [5.74, 6) is 0.455. The average molecular weight is 438 g/mol. The molecule has 0 atom stereocenters. The molecule has 0 saturated heterocycles. The third-order valence-electron chi connectivity index (χ3n) is 5.28. The van der Waals surface area contributed by atoms with Crippen molar-refractivity contribution in [1.29, 1.82) is 5.26 Å². The third kappa shape index (κ3) is 4.52. The van der Waals surface area contributed by atoms with Crippen molar-refractivity contribution in [3.8, 4) is 23.2 Å². The molecule has 0 bridgehead atoms. The van der Waals surface area contributed by atoms with Gasteiger partial charge in [-0.15, -0.1) is 0 Å². The van der Waals surface area contributed by atoms with Crippen LogP contribution in [-0.4, -0.2) is 33.2 Å². The van der Waals surface area contributed by atoms with Crippen molar-refractivity contribution in [3.63, 3.8) is 0 Å². The number of ether oxygens (including phenoxy) is 1. The van der Waals surface area contributed by atoms with Crippen LogP contribution in [0.25, 0.3) is 11.3 Å². The van der Waals surface area contributed by atoms with Crippen LogP contribution in [0.15, 0.2) is 41.2 Å². The lowest BCUT2D eigenvalue weighted by atomic mass is 9.92. The van der Waals surface area contributed by atoms with Crippen molar-refractivity contribution in [2.75, 3.05) is 0 Å². The maximum absolute atomic E-state index is 13.0. The summed E-state index contributed by atoms with van der Waals surface area (Å²) in [5, 5.41) is 16.8. The molecule has 2 aromatic heterocycles. The van der Waals surface area contributed by atoms with Crippen molar-refractivity contribution in [3.05, 3.63) is 58.7 Å². The number of carbonyl (C=O) groups excluding carboxylic acids is 1. The van der Waals surface area contributed by atoms with E-state index >= 15 is 0 Å². The summed E-state index contributed by atoms with van der Waals surface area (Å²) in [7, 11) is 0. The first kappa shape index (κ1) is 20.8. The lowest BCUT2D eigenvalue weighted by Gasteiger charge is -2.29. The Balaban J connectivity index is 1.40. The standard InChI is InChI=1S/C22H20ClN5O3/c1-13-19(20(28-31-13)16-4-2-3-5-17(16)23)21(29)27-14-6-8-15(9-7-14)30-22-18(12-24)25-10-11-26-22/h2-5,10-11,14-15H,6-9H2,1H3,(H,27,29). The van der Waals surface area contributed by atoms with Crippen molar-refractivity contribution in [1.82, 2.24) is 20.4 Å². The maximum atomic E-state index is 13.0. The van der Waals surface area contributed by atoms with Crippen LogP contribution in [0, 0.1) is 18.3 Å². The summed E-state index contributed by atoms with van der Waals surface area (Å²) in [5.41, 5.74) is 1.66. The Kier molecular flexibility index (Phi) is 6.14. The fourth-order valence-corrected chi connectivity index (χ4v) is 3.93. The maximum Gasteiger partial charge on any atom is 0.257 e. The SMILES string of the molecule is Cc1onc(-c2ccccc2Cl)c1C(=O)NC1CCC(Oc2nccnc2C#N)CC1. The van der Waals surface area contributed by atoms with Crippen molar-refractivity contribution < 1.29 is 14.1 Å². The van der Waals surface area contributed by atoms with Crippen LogP contribution in [0.4, 0.5) is 0 Å². The molecule has 9 heteroatoms. The molecule has 1 amide bonds. The largest absolute Gasteiger partial charge is 0.472 e. The van der Waals surface area contributed by atoms with Gasteiger partial charge in [-0.3, -0.25) is 4.79 Å². The van der Waals surface area contributed by atoms with E-state index in [0.29, 0.717) is 27.6 Å². The van der Waals surface area contributed by atoms with Gasteiger partial charge in [0.05, 0.1) is 5.02 Å². The van der Waals surface area contributed by atoms with Gasteiger partial charge < -0.3 is 14.6 Å². The molecule has 1 saturated carbocycles. The van der Waals surface area contributed by atoms with Gasteiger partial charge in [-0.1, -0.05) is 35.0 Å². The number of aromatic nitrogens is 3. The molecule has 1 aliphatic rings. The van der Waals surface area contributed by atoms with Gasteiger partial charge in [-0.05, 0) is 38.7 Å². The fraction of sp³-hybridized carbons (Fsp3) is 0.318. The Labute approximate surface area is 184 Å². The second-order valence-electron chi connectivity index (χ2n) is 7.33. The zero-order valence-corrected chi connectivity index (χ0v) is 17.6. The van der Waals surface area contributed by atoms with Crippen LogP contribution >= 0.6 is 11.6 Å². The molecule has 3 aromatic rings. The molecule has 0 unspecified atom stereocenters. The van der Waals surface area contributed by atoms with Gasteiger partial charge >= 0.3 is 0 Å². The quantitative estimate of drug-likeness (QED) is 0.639. The number of amides is 1. The van der Waals surface area contributed by atoms with E-state index in [9.17, 15) is 4.79 Å². The van der Waals surface area contributed by atoms with E-state index in [1.807, 2.05) is 18.2 Å². The Bertz CT molecular complexity index is 1130. The van der Waals surface area contributed by atoms with Crippen LogP contribution < -0.4 is 10.1 Å². The molecule has 4 rings (SSSR count). The molecule has 1 fully saturated rings. The first-order valence-corrected chi connectivity index (χ1v) is 10.3. The molecule has 8 nitrogen and oxygen atoms in total. The van der Waals surface area contributed by atoms with E-state index in [4.69, 9.17) is 26.1 Å². The summed E-state index contributed by atoms with van der Waals surface area (Å²) in [4.78, 5) is 21.1. The van der Waals surface area contributed by atoms with Crippen LogP contribution in [0.5, 0.6) is 5.88 Å². The Morgan fingerprint density at radius 3 is 2.71 bits per heavy atom. The molecule has 0 spiro atoms. The van der Waals surface area contributed by atoms with Gasteiger partial charge in [-0.25, -0.2) is 9.97 Å². The minimum absolute atomic E-state index is 0.00181. The van der Waals surface area contributed by atoms with E-state index in [1.54, 1.807) is 19.1 Å². The Morgan fingerprint density at radius 1 is 1.23 bits per heavy atom. The first-order valence-electron chi connectivity index (χ1n) is 9.96. The first-order chi connectivity index (χ1) is 15.1. The summed E-state index contributed by atoms with van der Waals surface area (Å²) >= 11 is 6.28. The van der Waals surface area contributed by atoms with Crippen molar-refractivity contribution in [2.45, 2.75) is 44.8 Å². The molecule has 1 N–H and O–H groups in total. The number of rotatable bonds is 5. The lowest BCUT2D eigenvalue weighted by Crippen LogP contribution is -2.40. The molecule has 31 heavy (non-hydrogen) atoms. The minimum atomic E-state index is -0.237. The number of aryl methyl sites for hydroxylation is 1. The fourth-order valence-electron chi connectivity index (χ4n) is 3.71. The second kappa shape index (κ2) is 9.14. The molecule has 2 heterocycles. The van der Waals surface area contributed by atoms with Crippen LogP contribution in [0.2, 0.25) is 5.02 Å². The van der Waals surface area contributed by atoms with Gasteiger partial charge in [0.25, 0.3) is 11.8 Å². The van der Waals surface area contributed by atoms with E-state index in [2.05, 4.69) is 20.4 Å². The molecule has 158 valence electrons. The topological polar surface area (TPSA) is 114 Å². The van der Waals surface area contributed by atoms with Gasteiger partial charge in [0.2, 0.25) is 5.69 Å². The Hall–Kier alpha value is -3.44. The third-order valence-corrected chi connectivity index (χ3v) is 5.61. The predicted octanol–water partition coefficient (Wildman–Crippen LogP) is 4.09.